The van der Waals surface area contributed by atoms with Crippen molar-refractivity contribution in [3.05, 3.63) is 23.9 Å². The third-order valence-corrected chi connectivity index (χ3v) is 4.08. The molecule has 2 aromatic rings. The Balaban J connectivity index is 1.89. The van der Waals surface area contributed by atoms with E-state index in [9.17, 15) is 0 Å². The lowest BCUT2D eigenvalue weighted by Crippen LogP contribution is -2.00. The Morgan fingerprint density at radius 2 is 2.17 bits per heavy atom. The molecule has 0 radical (unpaired) electrons. The van der Waals surface area contributed by atoms with Crippen LogP contribution in [0, 0.1) is 0 Å². The van der Waals surface area contributed by atoms with Crippen molar-refractivity contribution in [3.63, 3.8) is 0 Å². The first-order chi connectivity index (χ1) is 8.81. The molecule has 0 aliphatic heterocycles. The highest BCUT2D eigenvalue weighted by Gasteiger charge is 2.04. The molecular formula is C11H15N5S2. The summed E-state index contributed by atoms with van der Waals surface area (Å²) >= 11 is 3.10. The molecule has 2 heterocycles. The molecule has 2 aromatic heterocycles. The van der Waals surface area contributed by atoms with Gasteiger partial charge in [-0.3, -0.25) is 4.98 Å². The molecule has 0 aliphatic rings. The van der Waals surface area contributed by atoms with E-state index in [1.165, 1.54) is 11.5 Å². The number of nitrogens with zero attached hydrogens (tertiary/aromatic N) is 4. The van der Waals surface area contributed by atoms with E-state index in [0.717, 1.165) is 40.4 Å². The van der Waals surface area contributed by atoms with Gasteiger partial charge in [0.25, 0.3) is 0 Å². The Hall–Kier alpha value is -1.21. The number of aryl methyl sites for hydroxylation is 1. The number of anilines is 1. The van der Waals surface area contributed by atoms with Gasteiger partial charge in [0.1, 0.15) is 11.6 Å². The average molecular weight is 281 g/mol. The van der Waals surface area contributed by atoms with Crippen LogP contribution in [0.1, 0.15) is 25.4 Å². The van der Waals surface area contributed by atoms with Crippen LogP contribution in [-0.2, 0) is 12.2 Å². The van der Waals surface area contributed by atoms with Gasteiger partial charge in [0.2, 0.25) is 0 Å². The number of thioether (sulfide) groups is 1. The smallest absolute Gasteiger partial charge is 0.170 e. The maximum atomic E-state index is 4.40. The number of rotatable bonds is 6. The summed E-state index contributed by atoms with van der Waals surface area (Å²) in [5.41, 5.74) is 0.954. The number of aromatic nitrogens is 4. The van der Waals surface area contributed by atoms with Crippen molar-refractivity contribution >= 4 is 29.1 Å². The van der Waals surface area contributed by atoms with Gasteiger partial charge >= 0.3 is 0 Å². The standard InChI is InChI=1S/C11H15N5S2/c1-3-9-15-11(18-16-9)17-7-8-5-14-10(6-13-8)12-4-2/h5-6H,3-4,7H2,1-2H3,(H,12,14). The molecule has 1 N–H and O–H groups in total. The van der Waals surface area contributed by atoms with Crippen LogP contribution in [0.15, 0.2) is 16.7 Å². The lowest BCUT2D eigenvalue weighted by molar-refractivity contribution is 0.971. The summed E-state index contributed by atoms with van der Waals surface area (Å²) in [7, 11) is 0. The van der Waals surface area contributed by atoms with Crippen molar-refractivity contribution < 1.29 is 0 Å². The molecule has 0 saturated carbocycles. The molecule has 0 amide bonds. The second-order valence-corrected chi connectivity index (χ2v) is 5.52. The van der Waals surface area contributed by atoms with Crippen LogP contribution in [0.3, 0.4) is 0 Å². The molecule has 2 rings (SSSR count). The third-order valence-electron chi connectivity index (χ3n) is 2.17. The Kier molecular flexibility index (Phi) is 4.89. The van der Waals surface area contributed by atoms with Gasteiger partial charge in [-0.2, -0.15) is 4.37 Å². The molecule has 0 unspecified atom stereocenters. The zero-order valence-electron chi connectivity index (χ0n) is 10.4. The van der Waals surface area contributed by atoms with Crippen LogP contribution in [0.4, 0.5) is 5.82 Å². The van der Waals surface area contributed by atoms with Gasteiger partial charge in [-0.25, -0.2) is 9.97 Å². The molecule has 96 valence electrons. The molecule has 0 atom stereocenters. The zero-order valence-corrected chi connectivity index (χ0v) is 12.0. The van der Waals surface area contributed by atoms with Crippen molar-refractivity contribution in [2.75, 3.05) is 11.9 Å². The zero-order chi connectivity index (χ0) is 12.8. The van der Waals surface area contributed by atoms with Crippen LogP contribution in [-0.4, -0.2) is 25.9 Å². The predicted molar refractivity (Wildman–Crippen MR) is 75.0 cm³/mol. The Morgan fingerprint density at radius 3 is 2.78 bits per heavy atom. The topological polar surface area (TPSA) is 63.6 Å². The maximum Gasteiger partial charge on any atom is 0.170 e. The fraction of sp³-hybridized carbons (Fsp3) is 0.455. The highest BCUT2D eigenvalue weighted by Crippen LogP contribution is 2.23. The fourth-order valence-corrected chi connectivity index (χ4v) is 2.87. The molecule has 0 aliphatic carbocycles. The van der Waals surface area contributed by atoms with Gasteiger partial charge in [0.15, 0.2) is 4.34 Å². The first-order valence-electron chi connectivity index (χ1n) is 5.82. The lowest BCUT2D eigenvalue weighted by atomic mass is 10.5. The van der Waals surface area contributed by atoms with Crippen LogP contribution in [0.5, 0.6) is 0 Å². The monoisotopic (exact) mass is 281 g/mol. The maximum absolute atomic E-state index is 4.40. The van der Waals surface area contributed by atoms with Crippen LogP contribution >= 0.6 is 23.3 Å². The van der Waals surface area contributed by atoms with Gasteiger partial charge in [0.05, 0.1) is 18.1 Å². The quantitative estimate of drug-likeness (QED) is 0.821. The second kappa shape index (κ2) is 6.65. The molecule has 18 heavy (non-hydrogen) atoms. The molecule has 7 heteroatoms. The lowest BCUT2D eigenvalue weighted by Gasteiger charge is -2.02. The van der Waals surface area contributed by atoms with E-state index in [4.69, 9.17) is 0 Å². The number of nitrogens with one attached hydrogen (secondary N) is 1. The summed E-state index contributed by atoms with van der Waals surface area (Å²) in [5.74, 6) is 2.50. The largest absolute Gasteiger partial charge is 0.369 e. The first-order valence-corrected chi connectivity index (χ1v) is 7.58. The van der Waals surface area contributed by atoms with Gasteiger partial charge in [-0.05, 0) is 18.5 Å². The third kappa shape index (κ3) is 3.64. The van der Waals surface area contributed by atoms with E-state index in [1.807, 2.05) is 6.92 Å². The fourth-order valence-electron chi connectivity index (χ4n) is 1.28. The summed E-state index contributed by atoms with van der Waals surface area (Å²) < 4.78 is 5.24. The molecular weight excluding hydrogens is 266 g/mol. The Labute approximate surface area is 115 Å². The van der Waals surface area contributed by atoms with E-state index < -0.39 is 0 Å². The highest BCUT2D eigenvalue weighted by molar-refractivity contribution is 8.00. The van der Waals surface area contributed by atoms with E-state index >= 15 is 0 Å². The summed E-state index contributed by atoms with van der Waals surface area (Å²) in [5, 5.41) is 3.12. The van der Waals surface area contributed by atoms with Gasteiger partial charge in [-0.1, -0.05) is 18.7 Å². The minimum absolute atomic E-state index is 0.776. The molecule has 0 saturated heterocycles. The summed E-state index contributed by atoms with van der Waals surface area (Å²) in [4.78, 5) is 13.0. The normalized spacial score (nSPS) is 10.6. The van der Waals surface area contributed by atoms with Gasteiger partial charge < -0.3 is 5.32 Å². The first kappa shape index (κ1) is 13.2. The predicted octanol–water partition coefficient (Wildman–Crippen LogP) is 2.61. The van der Waals surface area contributed by atoms with Crippen molar-refractivity contribution in [1.29, 1.82) is 0 Å². The van der Waals surface area contributed by atoms with E-state index in [-0.39, 0.29) is 0 Å². The SMILES string of the molecule is CCNc1cnc(CSc2nc(CC)ns2)cn1. The Morgan fingerprint density at radius 1 is 1.28 bits per heavy atom. The Bertz CT molecular complexity index is 482. The van der Waals surface area contributed by atoms with E-state index in [1.54, 1.807) is 24.2 Å². The molecule has 5 nitrogen and oxygen atoms in total. The van der Waals surface area contributed by atoms with Crippen molar-refractivity contribution in [2.45, 2.75) is 30.4 Å². The molecule has 0 spiro atoms. The second-order valence-electron chi connectivity index (χ2n) is 3.54. The minimum atomic E-state index is 0.776. The van der Waals surface area contributed by atoms with Crippen molar-refractivity contribution in [1.82, 2.24) is 19.3 Å². The van der Waals surface area contributed by atoms with E-state index in [2.05, 4.69) is 31.6 Å². The number of hydrogen-bond acceptors (Lipinski definition) is 7. The van der Waals surface area contributed by atoms with Crippen LogP contribution < -0.4 is 5.32 Å². The number of hydrogen-bond donors (Lipinski definition) is 1. The average Bonchev–Trinajstić information content (AvgIpc) is 2.86. The molecule has 0 aromatic carbocycles. The van der Waals surface area contributed by atoms with Crippen molar-refractivity contribution in [2.24, 2.45) is 0 Å². The summed E-state index contributed by atoms with van der Waals surface area (Å²) in [6.07, 6.45) is 4.44. The summed E-state index contributed by atoms with van der Waals surface area (Å²) in [6.45, 7) is 4.95. The van der Waals surface area contributed by atoms with Gasteiger partial charge in [0, 0.05) is 18.7 Å². The minimum Gasteiger partial charge on any atom is -0.369 e. The highest BCUT2D eigenvalue weighted by atomic mass is 32.2. The van der Waals surface area contributed by atoms with Gasteiger partial charge in [-0.15, -0.1) is 0 Å². The van der Waals surface area contributed by atoms with Crippen molar-refractivity contribution in [3.8, 4) is 0 Å². The van der Waals surface area contributed by atoms with E-state index in [0.29, 0.717) is 0 Å². The summed E-state index contributed by atoms with van der Waals surface area (Å²) in [6, 6.07) is 0. The molecule has 0 bridgehead atoms. The molecule has 0 fully saturated rings. The van der Waals surface area contributed by atoms with Crippen LogP contribution in [0.2, 0.25) is 0 Å². The van der Waals surface area contributed by atoms with Crippen LogP contribution in [0.25, 0.3) is 0 Å².